The summed E-state index contributed by atoms with van der Waals surface area (Å²) < 4.78 is 10.4. The molecule has 0 spiro atoms. The molecule has 1 aliphatic rings. The number of carbonyl (C=O) groups is 1. The van der Waals surface area contributed by atoms with Crippen molar-refractivity contribution in [2.75, 3.05) is 49.6 Å². The highest BCUT2D eigenvalue weighted by atomic mass is 16.5. The molecule has 0 saturated carbocycles. The number of hydrogen-bond acceptors (Lipinski definition) is 7. The third kappa shape index (κ3) is 4.23. The van der Waals surface area contributed by atoms with Gasteiger partial charge >= 0.3 is 0 Å². The molecule has 24 heavy (non-hydrogen) atoms. The minimum Gasteiger partial charge on any atom is -0.459 e. The van der Waals surface area contributed by atoms with E-state index < -0.39 is 0 Å². The van der Waals surface area contributed by atoms with Gasteiger partial charge in [0.2, 0.25) is 5.95 Å². The molecule has 1 amide bonds. The van der Waals surface area contributed by atoms with E-state index in [0.717, 1.165) is 24.6 Å². The molecule has 2 aromatic heterocycles. The van der Waals surface area contributed by atoms with Crippen LogP contribution in [0.3, 0.4) is 0 Å². The molecule has 1 aliphatic heterocycles. The minimum atomic E-state index is -0.235. The van der Waals surface area contributed by atoms with E-state index in [-0.39, 0.29) is 5.91 Å². The van der Waals surface area contributed by atoms with Crippen LogP contribution in [-0.2, 0) is 4.74 Å². The van der Waals surface area contributed by atoms with E-state index in [0.29, 0.717) is 38.0 Å². The molecule has 128 valence electrons. The van der Waals surface area contributed by atoms with Crippen LogP contribution in [0.1, 0.15) is 16.2 Å². The highest BCUT2D eigenvalue weighted by molar-refractivity contribution is 5.91. The second-order valence-corrected chi connectivity index (χ2v) is 5.45. The van der Waals surface area contributed by atoms with Gasteiger partial charge in [0.1, 0.15) is 5.82 Å². The van der Waals surface area contributed by atoms with E-state index in [1.807, 2.05) is 13.0 Å². The molecule has 0 radical (unpaired) electrons. The van der Waals surface area contributed by atoms with Crippen molar-refractivity contribution < 1.29 is 13.9 Å². The molecule has 0 atom stereocenters. The number of amides is 1. The van der Waals surface area contributed by atoms with Crippen molar-refractivity contribution in [3.8, 4) is 0 Å². The lowest BCUT2D eigenvalue weighted by Gasteiger charge is -2.28. The van der Waals surface area contributed by atoms with Gasteiger partial charge in [0, 0.05) is 37.9 Å². The average Bonchev–Trinajstić information content (AvgIpc) is 3.14. The van der Waals surface area contributed by atoms with E-state index in [9.17, 15) is 4.79 Å². The Kier molecular flexibility index (Phi) is 5.27. The molecule has 8 nitrogen and oxygen atoms in total. The largest absolute Gasteiger partial charge is 0.459 e. The summed E-state index contributed by atoms with van der Waals surface area (Å²) in [6.07, 6.45) is 1.47. The molecule has 2 N–H and O–H groups in total. The van der Waals surface area contributed by atoms with Crippen LogP contribution in [0.4, 0.5) is 11.8 Å². The Bertz CT molecular complexity index is 668. The summed E-state index contributed by atoms with van der Waals surface area (Å²) in [7, 11) is 0. The Balaban J connectivity index is 1.51. The predicted molar refractivity (Wildman–Crippen MR) is 89.3 cm³/mol. The summed E-state index contributed by atoms with van der Waals surface area (Å²) >= 11 is 0. The van der Waals surface area contributed by atoms with Crippen molar-refractivity contribution in [3.63, 3.8) is 0 Å². The molecular formula is C16H21N5O3. The smallest absolute Gasteiger partial charge is 0.287 e. The van der Waals surface area contributed by atoms with E-state index in [1.165, 1.54) is 6.26 Å². The summed E-state index contributed by atoms with van der Waals surface area (Å²) in [6, 6.07) is 5.27. The van der Waals surface area contributed by atoms with E-state index in [1.54, 1.807) is 12.1 Å². The zero-order valence-corrected chi connectivity index (χ0v) is 13.6. The number of rotatable bonds is 6. The Labute approximate surface area is 140 Å². The van der Waals surface area contributed by atoms with Crippen molar-refractivity contribution in [1.82, 2.24) is 15.3 Å². The van der Waals surface area contributed by atoms with Crippen LogP contribution in [-0.4, -0.2) is 55.3 Å². The molecule has 3 rings (SSSR count). The number of nitrogens with zero attached hydrogens (tertiary/aromatic N) is 3. The number of anilines is 2. The quantitative estimate of drug-likeness (QED) is 0.765. The number of furan rings is 1. The Morgan fingerprint density at radius 3 is 2.88 bits per heavy atom. The third-order valence-electron chi connectivity index (χ3n) is 3.61. The lowest BCUT2D eigenvalue weighted by molar-refractivity contribution is 0.0927. The average molecular weight is 331 g/mol. The normalized spacial score (nSPS) is 14.5. The first-order valence-corrected chi connectivity index (χ1v) is 7.96. The predicted octanol–water partition coefficient (Wildman–Crippen LogP) is 1.06. The number of aryl methyl sites for hydroxylation is 1. The van der Waals surface area contributed by atoms with Gasteiger partial charge in [0.15, 0.2) is 5.76 Å². The zero-order valence-electron chi connectivity index (χ0n) is 13.6. The van der Waals surface area contributed by atoms with Gasteiger partial charge in [-0.05, 0) is 19.1 Å². The Morgan fingerprint density at radius 1 is 1.29 bits per heavy atom. The first kappa shape index (κ1) is 16.3. The van der Waals surface area contributed by atoms with E-state index in [4.69, 9.17) is 9.15 Å². The SMILES string of the molecule is Cc1cc(N2CCOCC2)nc(NCCNC(=O)c2ccco2)n1. The lowest BCUT2D eigenvalue weighted by Crippen LogP contribution is -2.37. The van der Waals surface area contributed by atoms with Gasteiger partial charge in [-0.2, -0.15) is 4.98 Å². The molecule has 2 aromatic rings. The van der Waals surface area contributed by atoms with Crippen molar-refractivity contribution in [2.24, 2.45) is 0 Å². The van der Waals surface area contributed by atoms with Gasteiger partial charge in [-0.15, -0.1) is 0 Å². The Morgan fingerprint density at radius 2 is 2.12 bits per heavy atom. The summed E-state index contributed by atoms with van der Waals surface area (Å²) in [5.74, 6) is 1.52. The number of carbonyl (C=O) groups excluding carboxylic acids is 1. The van der Waals surface area contributed by atoms with Crippen LogP contribution >= 0.6 is 0 Å². The van der Waals surface area contributed by atoms with E-state index >= 15 is 0 Å². The van der Waals surface area contributed by atoms with Gasteiger partial charge in [0.05, 0.1) is 19.5 Å². The summed E-state index contributed by atoms with van der Waals surface area (Å²) in [6.45, 7) is 6.00. The van der Waals surface area contributed by atoms with Crippen molar-refractivity contribution in [2.45, 2.75) is 6.92 Å². The summed E-state index contributed by atoms with van der Waals surface area (Å²) in [5.41, 5.74) is 0.897. The highest BCUT2D eigenvalue weighted by Gasteiger charge is 2.14. The molecule has 0 aliphatic carbocycles. The molecular weight excluding hydrogens is 310 g/mol. The molecule has 0 unspecified atom stereocenters. The molecule has 3 heterocycles. The third-order valence-corrected chi connectivity index (χ3v) is 3.61. The van der Waals surface area contributed by atoms with Gasteiger partial charge < -0.3 is 24.7 Å². The minimum absolute atomic E-state index is 0.235. The first-order valence-electron chi connectivity index (χ1n) is 7.96. The fourth-order valence-corrected chi connectivity index (χ4v) is 2.43. The Hall–Kier alpha value is -2.61. The van der Waals surface area contributed by atoms with Crippen LogP contribution in [0, 0.1) is 6.92 Å². The number of morpholine rings is 1. The number of hydrogen-bond donors (Lipinski definition) is 2. The monoisotopic (exact) mass is 331 g/mol. The molecule has 0 bridgehead atoms. The van der Waals surface area contributed by atoms with Crippen molar-refractivity contribution in [1.29, 1.82) is 0 Å². The molecule has 1 saturated heterocycles. The van der Waals surface area contributed by atoms with Crippen LogP contribution in [0.2, 0.25) is 0 Å². The maximum absolute atomic E-state index is 11.7. The maximum atomic E-state index is 11.7. The number of aromatic nitrogens is 2. The highest BCUT2D eigenvalue weighted by Crippen LogP contribution is 2.16. The summed E-state index contributed by atoms with van der Waals surface area (Å²) in [5, 5.41) is 5.91. The lowest BCUT2D eigenvalue weighted by atomic mass is 10.3. The topological polar surface area (TPSA) is 92.5 Å². The number of nitrogens with one attached hydrogen (secondary N) is 2. The second-order valence-electron chi connectivity index (χ2n) is 5.45. The van der Waals surface area contributed by atoms with Crippen molar-refractivity contribution >= 4 is 17.7 Å². The van der Waals surface area contributed by atoms with Crippen LogP contribution in [0.5, 0.6) is 0 Å². The van der Waals surface area contributed by atoms with Crippen LogP contribution < -0.4 is 15.5 Å². The standard InChI is InChI=1S/C16H21N5O3/c1-12-11-14(21-6-9-23-10-7-21)20-16(19-12)18-5-4-17-15(22)13-3-2-8-24-13/h2-3,8,11H,4-7,9-10H2,1H3,(H,17,22)(H,18,19,20). The fourth-order valence-electron chi connectivity index (χ4n) is 2.43. The van der Waals surface area contributed by atoms with E-state index in [2.05, 4.69) is 25.5 Å². The van der Waals surface area contributed by atoms with Crippen LogP contribution in [0.15, 0.2) is 28.9 Å². The van der Waals surface area contributed by atoms with Crippen molar-refractivity contribution in [3.05, 3.63) is 35.9 Å². The second kappa shape index (κ2) is 7.78. The van der Waals surface area contributed by atoms with Gasteiger partial charge in [0.25, 0.3) is 5.91 Å². The molecule has 1 fully saturated rings. The van der Waals surface area contributed by atoms with Gasteiger partial charge in [-0.1, -0.05) is 0 Å². The maximum Gasteiger partial charge on any atom is 0.287 e. The van der Waals surface area contributed by atoms with Crippen LogP contribution in [0.25, 0.3) is 0 Å². The first-order chi connectivity index (χ1) is 11.7. The fraction of sp³-hybridized carbons (Fsp3) is 0.438. The molecule has 0 aromatic carbocycles. The number of ether oxygens (including phenoxy) is 1. The van der Waals surface area contributed by atoms with Gasteiger partial charge in [-0.25, -0.2) is 4.98 Å². The summed E-state index contributed by atoms with van der Waals surface area (Å²) in [4.78, 5) is 22.9. The zero-order chi connectivity index (χ0) is 16.8. The van der Waals surface area contributed by atoms with Gasteiger partial charge in [-0.3, -0.25) is 4.79 Å². The molecule has 8 heteroatoms.